The Bertz CT molecular complexity index is 1810. The van der Waals surface area contributed by atoms with Crippen LogP contribution in [-0.4, -0.2) is 3.81 Å². The Morgan fingerprint density at radius 1 is 0.769 bits per heavy atom. The molecule has 0 nitrogen and oxygen atoms in total. The summed E-state index contributed by atoms with van der Waals surface area (Å²) in [5.74, 6) is 2.24. The SMILES string of the molecule is C[C-]1C2=C3Cc4ccccc4C3=C3C=CCCC3C2(C)C(C)(C)C(C)(C)C1(C)C.[C-]1=CC=CC1.[Cl-].[Cl-].[Ti+2]=[C](Cc1ccccc1)Cc1ccccc1. The predicted molar refractivity (Wildman–Crippen MR) is 211 cm³/mol. The van der Waals surface area contributed by atoms with Crippen LogP contribution in [-0.2, 0) is 39.2 Å². The average molecular weight is 764 g/mol. The van der Waals surface area contributed by atoms with Gasteiger partial charge in [-0.2, -0.15) is 17.2 Å². The van der Waals surface area contributed by atoms with Crippen LogP contribution in [0.1, 0.15) is 96.9 Å². The van der Waals surface area contributed by atoms with Crippen LogP contribution in [0.15, 0.2) is 132 Å². The molecule has 0 bridgehead atoms. The van der Waals surface area contributed by atoms with Gasteiger partial charge in [-0.15, -0.1) is 13.3 Å². The molecule has 0 amide bonds. The van der Waals surface area contributed by atoms with Gasteiger partial charge in [0.15, 0.2) is 0 Å². The van der Waals surface area contributed by atoms with Crippen molar-refractivity contribution in [3.8, 4) is 0 Å². The Hall–Kier alpha value is -2.61. The molecule has 3 aromatic carbocycles. The molecule has 1 saturated carbocycles. The molecule has 1 fully saturated rings. The number of rotatable bonds is 4. The quantitative estimate of drug-likeness (QED) is 0.211. The van der Waals surface area contributed by atoms with Crippen LogP contribution in [0.2, 0.25) is 0 Å². The first-order valence-electron chi connectivity index (χ1n) is 18.8. The first kappa shape index (κ1) is 42.1. The Balaban J connectivity index is 0.000000221. The summed E-state index contributed by atoms with van der Waals surface area (Å²) < 4.78 is 1.51. The van der Waals surface area contributed by atoms with Gasteiger partial charge in [0.2, 0.25) is 0 Å². The van der Waals surface area contributed by atoms with Gasteiger partial charge in [0.25, 0.3) is 0 Å². The van der Waals surface area contributed by atoms with Gasteiger partial charge >= 0.3 is 108 Å². The third kappa shape index (κ3) is 7.40. The molecule has 0 N–H and O–H groups in total. The molecular weight excluding hydrogens is 707 g/mol. The third-order valence-corrected chi connectivity index (χ3v) is 14.5. The molecule has 0 aromatic heterocycles. The number of allylic oxidation sites excluding steroid dienone is 10. The topological polar surface area (TPSA) is 0 Å². The van der Waals surface area contributed by atoms with Crippen molar-refractivity contribution >= 4 is 9.38 Å². The second kappa shape index (κ2) is 16.8. The van der Waals surface area contributed by atoms with Crippen molar-refractivity contribution in [3.63, 3.8) is 0 Å². The molecule has 0 heterocycles. The first-order chi connectivity index (χ1) is 23.8. The summed E-state index contributed by atoms with van der Waals surface area (Å²) in [6, 6.07) is 30.5. The van der Waals surface area contributed by atoms with E-state index in [4.69, 9.17) is 0 Å². The fraction of sp³-hybridized carbons (Fsp3) is 0.388. The molecule has 0 spiro atoms. The summed E-state index contributed by atoms with van der Waals surface area (Å²) in [5, 5.41) is 0. The van der Waals surface area contributed by atoms with E-state index in [1.807, 2.05) is 12.2 Å². The molecule has 3 heteroatoms. The van der Waals surface area contributed by atoms with Crippen molar-refractivity contribution in [1.29, 1.82) is 0 Å². The second-order valence-corrected chi connectivity index (χ2v) is 17.8. The summed E-state index contributed by atoms with van der Waals surface area (Å²) in [5.41, 5.74) is 13.1. The van der Waals surface area contributed by atoms with E-state index in [1.165, 1.54) is 38.9 Å². The van der Waals surface area contributed by atoms with Crippen molar-refractivity contribution in [2.24, 2.45) is 27.6 Å². The summed E-state index contributed by atoms with van der Waals surface area (Å²) >= 11 is 2.24. The molecule has 8 rings (SSSR count). The summed E-state index contributed by atoms with van der Waals surface area (Å²) in [7, 11) is 0. The van der Waals surface area contributed by atoms with Crippen LogP contribution in [0, 0.1) is 39.6 Å². The van der Waals surface area contributed by atoms with Crippen LogP contribution >= 0.6 is 0 Å². The Kier molecular flexibility index (Phi) is 13.6. The maximum atomic E-state index is 2.99. The van der Waals surface area contributed by atoms with Gasteiger partial charge in [0.05, 0.1) is 0 Å². The number of benzene rings is 3. The molecule has 2 atom stereocenters. The van der Waals surface area contributed by atoms with Gasteiger partial charge in [-0.3, -0.25) is 6.08 Å². The number of fused-ring (bicyclic) bond motifs is 6. The standard InChI is InChI=1S/C29H37.C15H14.C5H5.2ClH.Ti/c1-18-25-22-17-19-13-9-10-14-20(19)24(22)21-15-11-12-16-23(21)29(25,8)28(6,7)27(4,5)26(18,2)3;1-3-8-14(9-4-1)12-7-13-15-10-5-2-6-11-15;1-2-4-5-3-1;;;/h9-11,13-15,23H,12,16-17H2,1-8H3;1-6,8-11H,12-13H2;1-3H,4H2;2*1H;/q-1;;-1;;;+2/p-2. The summed E-state index contributed by atoms with van der Waals surface area (Å²) in [6.07, 6.45) is 20.7. The van der Waals surface area contributed by atoms with E-state index in [0.717, 1.165) is 25.7 Å². The minimum atomic E-state index is 0. The zero-order chi connectivity index (χ0) is 35.7. The predicted octanol–water partition coefficient (Wildman–Crippen LogP) is 6.47. The van der Waals surface area contributed by atoms with E-state index in [9.17, 15) is 0 Å². The molecule has 3 aromatic rings. The molecule has 0 aliphatic heterocycles. The maximum absolute atomic E-state index is 2.99. The number of halogens is 2. The monoisotopic (exact) mass is 762 g/mol. The van der Waals surface area contributed by atoms with Crippen molar-refractivity contribution in [1.82, 2.24) is 0 Å². The van der Waals surface area contributed by atoms with E-state index < -0.39 is 0 Å². The van der Waals surface area contributed by atoms with E-state index in [1.54, 1.807) is 28.2 Å². The molecule has 0 saturated heterocycles. The van der Waals surface area contributed by atoms with E-state index in [-0.39, 0.29) is 46.5 Å². The Morgan fingerprint density at radius 3 is 1.88 bits per heavy atom. The molecule has 5 aliphatic carbocycles. The van der Waals surface area contributed by atoms with Gasteiger partial charge in [0, 0.05) is 0 Å². The van der Waals surface area contributed by atoms with Crippen LogP contribution in [0.25, 0.3) is 5.57 Å². The molecule has 0 radical (unpaired) electrons. The summed E-state index contributed by atoms with van der Waals surface area (Å²) in [6.45, 7) is 20.3. The van der Waals surface area contributed by atoms with Crippen LogP contribution in [0.3, 0.4) is 0 Å². The molecule has 2 unspecified atom stereocenters. The molecule has 5 aliphatic rings. The zero-order valence-electron chi connectivity index (χ0n) is 32.5. The van der Waals surface area contributed by atoms with Crippen LogP contribution in [0.4, 0.5) is 0 Å². The van der Waals surface area contributed by atoms with Crippen molar-refractivity contribution in [3.05, 3.63) is 166 Å². The fourth-order valence-electron chi connectivity index (χ4n) is 9.66. The number of hydrogen-bond acceptors (Lipinski definition) is 0. The third-order valence-electron chi connectivity index (χ3n) is 13.9. The van der Waals surface area contributed by atoms with E-state index in [2.05, 4.69) is 185 Å². The molecule has 272 valence electrons. The second-order valence-electron chi connectivity index (χ2n) is 16.7. The van der Waals surface area contributed by atoms with Gasteiger partial charge in [-0.05, 0) is 40.6 Å². The molecule has 52 heavy (non-hydrogen) atoms. The normalized spacial score (nSPS) is 23.3. The van der Waals surface area contributed by atoms with Crippen molar-refractivity contribution < 1.29 is 44.8 Å². The van der Waals surface area contributed by atoms with Crippen LogP contribution in [0.5, 0.6) is 0 Å². The Morgan fingerprint density at radius 2 is 1.35 bits per heavy atom. The summed E-state index contributed by atoms with van der Waals surface area (Å²) in [4.78, 5) is 0. The number of hydrogen-bond donors (Lipinski definition) is 0. The van der Waals surface area contributed by atoms with Gasteiger partial charge in [-0.25, -0.2) is 18.1 Å². The molecular formula is C49H56Cl2Ti-2. The van der Waals surface area contributed by atoms with Crippen molar-refractivity contribution in [2.75, 3.05) is 0 Å². The fourth-order valence-corrected chi connectivity index (χ4v) is 10.3. The van der Waals surface area contributed by atoms with E-state index >= 15 is 0 Å². The minimum absolute atomic E-state index is 0. The van der Waals surface area contributed by atoms with Crippen LogP contribution < -0.4 is 24.8 Å². The van der Waals surface area contributed by atoms with Gasteiger partial charge in [0.1, 0.15) is 0 Å². The van der Waals surface area contributed by atoms with Gasteiger partial charge in [-0.1, -0.05) is 113 Å². The first-order valence-corrected chi connectivity index (χ1v) is 19.5. The Labute approximate surface area is 339 Å². The van der Waals surface area contributed by atoms with Gasteiger partial charge < -0.3 is 24.8 Å². The van der Waals surface area contributed by atoms with Crippen molar-refractivity contribution in [2.45, 2.75) is 93.9 Å². The van der Waals surface area contributed by atoms with E-state index in [0.29, 0.717) is 5.92 Å². The zero-order valence-corrected chi connectivity index (χ0v) is 35.6. The average Bonchev–Trinajstić information content (AvgIpc) is 3.81.